The van der Waals surface area contributed by atoms with E-state index in [1.54, 1.807) is 6.07 Å². The molecule has 94 valence electrons. The zero-order chi connectivity index (χ0) is 13.2. The van der Waals surface area contributed by atoms with Gasteiger partial charge in [-0.25, -0.2) is 4.98 Å². The average molecular weight is 255 g/mol. The van der Waals surface area contributed by atoms with E-state index < -0.39 is 17.6 Å². The second-order valence-corrected chi connectivity index (χ2v) is 3.47. The zero-order valence-corrected chi connectivity index (χ0v) is 8.95. The second-order valence-electron chi connectivity index (χ2n) is 3.47. The lowest BCUT2D eigenvalue weighted by atomic mass is 10.2. The molecule has 0 saturated heterocycles. The molecule has 0 bridgehead atoms. The summed E-state index contributed by atoms with van der Waals surface area (Å²) in [4.78, 5) is 17.9. The van der Waals surface area contributed by atoms with E-state index in [0.717, 1.165) is 18.3 Å². The quantitative estimate of drug-likeness (QED) is 0.866. The molecule has 0 fully saturated rings. The van der Waals surface area contributed by atoms with Gasteiger partial charge in [0, 0.05) is 12.4 Å². The fraction of sp³-hybridized carbons (Fsp3) is 0.0909. The minimum absolute atomic E-state index is 0.149. The minimum Gasteiger partial charge on any atom is -0.357 e. The van der Waals surface area contributed by atoms with Crippen molar-refractivity contribution in [2.45, 2.75) is 6.18 Å². The SMILES string of the molecule is O=C(Nc1cc(C(F)(F)F)ccn1)c1ccc[nH]1. The predicted molar refractivity (Wildman–Crippen MR) is 58.0 cm³/mol. The first-order valence-corrected chi connectivity index (χ1v) is 4.95. The van der Waals surface area contributed by atoms with Crippen molar-refractivity contribution >= 4 is 11.7 Å². The molecule has 0 saturated carbocycles. The summed E-state index contributed by atoms with van der Waals surface area (Å²) in [5.74, 6) is -0.698. The van der Waals surface area contributed by atoms with E-state index >= 15 is 0 Å². The Kier molecular flexibility index (Phi) is 3.05. The van der Waals surface area contributed by atoms with Crippen LogP contribution in [0.3, 0.4) is 0 Å². The van der Waals surface area contributed by atoms with Crippen molar-refractivity contribution in [3.8, 4) is 0 Å². The molecule has 0 radical (unpaired) electrons. The lowest BCUT2D eigenvalue weighted by Gasteiger charge is -2.08. The Balaban J connectivity index is 2.18. The Morgan fingerprint density at radius 1 is 1.33 bits per heavy atom. The second kappa shape index (κ2) is 4.52. The van der Waals surface area contributed by atoms with E-state index in [0.29, 0.717) is 0 Å². The van der Waals surface area contributed by atoms with E-state index in [1.807, 2.05) is 0 Å². The lowest BCUT2D eigenvalue weighted by molar-refractivity contribution is -0.137. The number of carbonyl (C=O) groups excluding carboxylic acids is 1. The zero-order valence-electron chi connectivity index (χ0n) is 8.95. The lowest BCUT2D eigenvalue weighted by Crippen LogP contribution is -2.14. The molecule has 7 heteroatoms. The number of alkyl halides is 3. The van der Waals surface area contributed by atoms with Gasteiger partial charge in [-0.05, 0) is 24.3 Å². The van der Waals surface area contributed by atoms with Crippen molar-refractivity contribution in [1.29, 1.82) is 0 Å². The van der Waals surface area contributed by atoms with E-state index in [1.165, 1.54) is 12.3 Å². The Morgan fingerprint density at radius 3 is 2.72 bits per heavy atom. The Morgan fingerprint density at radius 2 is 2.11 bits per heavy atom. The number of amides is 1. The van der Waals surface area contributed by atoms with E-state index in [4.69, 9.17) is 0 Å². The van der Waals surface area contributed by atoms with Gasteiger partial charge in [0.15, 0.2) is 0 Å². The third-order valence-corrected chi connectivity index (χ3v) is 2.17. The number of anilines is 1. The van der Waals surface area contributed by atoms with Crippen molar-refractivity contribution in [3.05, 3.63) is 47.9 Å². The molecule has 4 nitrogen and oxygen atoms in total. The Labute approximate surface area is 99.9 Å². The number of halogens is 3. The summed E-state index contributed by atoms with van der Waals surface area (Å²) in [6.07, 6.45) is -1.93. The van der Waals surface area contributed by atoms with Crippen molar-refractivity contribution < 1.29 is 18.0 Å². The van der Waals surface area contributed by atoms with E-state index in [-0.39, 0.29) is 11.5 Å². The fourth-order valence-electron chi connectivity index (χ4n) is 1.33. The number of rotatable bonds is 2. The van der Waals surface area contributed by atoms with Crippen LogP contribution in [0.2, 0.25) is 0 Å². The molecular formula is C11H8F3N3O. The first-order chi connectivity index (χ1) is 8.47. The number of nitrogens with one attached hydrogen (secondary N) is 2. The van der Waals surface area contributed by atoms with Gasteiger partial charge in [-0.1, -0.05) is 0 Å². The van der Waals surface area contributed by atoms with Crippen LogP contribution in [-0.4, -0.2) is 15.9 Å². The maximum absolute atomic E-state index is 12.4. The number of carbonyl (C=O) groups is 1. The molecule has 0 spiro atoms. The molecular weight excluding hydrogens is 247 g/mol. The summed E-state index contributed by atoms with van der Waals surface area (Å²) in [6, 6.07) is 4.72. The van der Waals surface area contributed by atoms with Gasteiger partial charge in [-0.2, -0.15) is 13.2 Å². The number of hydrogen-bond acceptors (Lipinski definition) is 2. The molecule has 2 aromatic rings. The number of aromatic amines is 1. The van der Waals surface area contributed by atoms with Crippen molar-refractivity contribution in [1.82, 2.24) is 9.97 Å². The van der Waals surface area contributed by atoms with Crippen LogP contribution in [0, 0.1) is 0 Å². The van der Waals surface area contributed by atoms with E-state index in [2.05, 4.69) is 15.3 Å². The highest BCUT2D eigenvalue weighted by Crippen LogP contribution is 2.29. The molecule has 0 aliphatic carbocycles. The van der Waals surface area contributed by atoms with Crippen molar-refractivity contribution in [3.63, 3.8) is 0 Å². The number of hydrogen-bond donors (Lipinski definition) is 2. The van der Waals surface area contributed by atoms with Gasteiger partial charge in [0.1, 0.15) is 11.5 Å². The topological polar surface area (TPSA) is 57.8 Å². The molecule has 1 amide bonds. The summed E-state index contributed by atoms with van der Waals surface area (Å²) in [5, 5.41) is 2.28. The molecule has 0 aliphatic heterocycles. The van der Waals surface area contributed by atoms with Crippen LogP contribution in [-0.2, 0) is 6.18 Å². The summed E-state index contributed by atoms with van der Waals surface area (Å²) < 4.78 is 37.3. The number of nitrogens with zero attached hydrogens (tertiary/aromatic N) is 1. The minimum atomic E-state index is -4.46. The van der Waals surface area contributed by atoms with Crippen LogP contribution >= 0.6 is 0 Å². The van der Waals surface area contributed by atoms with Crippen LogP contribution in [0.4, 0.5) is 19.0 Å². The van der Waals surface area contributed by atoms with Crippen LogP contribution in [0.1, 0.15) is 16.1 Å². The van der Waals surface area contributed by atoms with Crippen LogP contribution in [0.5, 0.6) is 0 Å². The first kappa shape index (κ1) is 12.2. The van der Waals surface area contributed by atoms with Gasteiger partial charge >= 0.3 is 6.18 Å². The standard InChI is InChI=1S/C11H8F3N3O/c12-11(13,14)7-3-5-16-9(6-7)17-10(18)8-2-1-4-15-8/h1-6,15H,(H,16,17,18). The fourth-order valence-corrected chi connectivity index (χ4v) is 1.33. The molecule has 2 N–H and O–H groups in total. The summed E-state index contributed by atoms with van der Waals surface area (Å²) >= 11 is 0. The van der Waals surface area contributed by atoms with E-state index in [9.17, 15) is 18.0 Å². The normalized spacial score (nSPS) is 11.3. The number of aromatic nitrogens is 2. The Bertz CT molecular complexity index is 549. The highest BCUT2D eigenvalue weighted by atomic mass is 19.4. The molecule has 2 aromatic heterocycles. The third-order valence-electron chi connectivity index (χ3n) is 2.17. The number of pyridine rings is 1. The molecule has 2 heterocycles. The monoisotopic (exact) mass is 255 g/mol. The van der Waals surface area contributed by atoms with Gasteiger partial charge < -0.3 is 10.3 Å². The summed E-state index contributed by atoms with van der Waals surface area (Å²) in [5.41, 5.74) is -0.617. The van der Waals surface area contributed by atoms with Crippen LogP contribution in [0.15, 0.2) is 36.7 Å². The molecule has 0 aliphatic rings. The maximum atomic E-state index is 12.4. The smallest absolute Gasteiger partial charge is 0.357 e. The maximum Gasteiger partial charge on any atom is 0.416 e. The summed E-state index contributed by atoms with van der Waals surface area (Å²) in [7, 11) is 0. The first-order valence-electron chi connectivity index (χ1n) is 4.95. The van der Waals surface area contributed by atoms with Gasteiger partial charge in [0.2, 0.25) is 0 Å². The van der Waals surface area contributed by atoms with Crippen molar-refractivity contribution in [2.24, 2.45) is 0 Å². The summed E-state index contributed by atoms with van der Waals surface area (Å²) in [6.45, 7) is 0. The molecule has 18 heavy (non-hydrogen) atoms. The largest absolute Gasteiger partial charge is 0.416 e. The van der Waals surface area contributed by atoms with Gasteiger partial charge in [0.25, 0.3) is 5.91 Å². The molecule has 0 atom stereocenters. The van der Waals surface area contributed by atoms with Crippen LogP contribution in [0.25, 0.3) is 0 Å². The van der Waals surface area contributed by atoms with Crippen molar-refractivity contribution in [2.75, 3.05) is 5.32 Å². The molecule has 0 unspecified atom stereocenters. The molecule has 0 aromatic carbocycles. The van der Waals surface area contributed by atoms with Gasteiger partial charge in [0.05, 0.1) is 5.56 Å². The Hall–Kier alpha value is -2.31. The van der Waals surface area contributed by atoms with Gasteiger partial charge in [-0.3, -0.25) is 4.79 Å². The third kappa shape index (κ3) is 2.68. The van der Waals surface area contributed by atoms with Gasteiger partial charge in [-0.15, -0.1) is 0 Å². The molecule has 2 rings (SSSR count). The van der Waals surface area contributed by atoms with Crippen LogP contribution < -0.4 is 5.32 Å². The highest BCUT2D eigenvalue weighted by molar-refractivity contribution is 6.02. The average Bonchev–Trinajstić information content (AvgIpc) is 2.81. The highest BCUT2D eigenvalue weighted by Gasteiger charge is 2.30. The predicted octanol–water partition coefficient (Wildman–Crippen LogP) is 2.68. The number of H-pyrrole nitrogens is 1.